The lowest BCUT2D eigenvalue weighted by Gasteiger charge is -2.38. The van der Waals surface area contributed by atoms with E-state index in [0.29, 0.717) is 12.0 Å². The van der Waals surface area contributed by atoms with Crippen LogP contribution in [-0.2, 0) is 17.7 Å². The van der Waals surface area contributed by atoms with Crippen LogP contribution in [-0.4, -0.2) is 41.4 Å². The number of rotatable bonds is 5. The molecule has 0 saturated carbocycles. The maximum atomic E-state index is 5.74. The molecule has 1 aromatic carbocycles. The highest BCUT2D eigenvalue weighted by atomic mass is 16.5. The molecule has 1 aliphatic rings. The Labute approximate surface area is 132 Å². The first-order chi connectivity index (χ1) is 10.8. The van der Waals surface area contributed by atoms with Crippen LogP contribution in [0, 0.1) is 12.8 Å². The van der Waals surface area contributed by atoms with Crippen molar-refractivity contribution in [2.75, 3.05) is 20.2 Å². The second-order valence-corrected chi connectivity index (χ2v) is 6.27. The Kier molecular flexibility index (Phi) is 4.90. The lowest BCUT2D eigenvalue weighted by molar-refractivity contribution is -0.00852. The molecule has 0 unspecified atom stereocenters. The fraction of sp³-hybridized carbons (Fsp3) is 0.500. The number of hydrogen-bond donors (Lipinski definition) is 1. The van der Waals surface area contributed by atoms with E-state index < -0.39 is 0 Å². The van der Waals surface area contributed by atoms with Gasteiger partial charge in [0.1, 0.15) is 0 Å². The molecule has 2 aromatic rings. The van der Waals surface area contributed by atoms with E-state index in [1.54, 1.807) is 0 Å². The van der Waals surface area contributed by atoms with E-state index in [1.807, 2.05) is 13.3 Å². The zero-order chi connectivity index (χ0) is 15.4. The maximum Gasteiger partial charge on any atom is 0.0627 e. The molecular weight excluding hydrogens is 274 g/mol. The summed E-state index contributed by atoms with van der Waals surface area (Å²) < 4.78 is 5.74. The lowest BCUT2D eigenvalue weighted by Crippen LogP contribution is -2.44. The Hall–Kier alpha value is -1.65. The Bertz CT molecular complexity index is 581. The van der Waals surface area contributed by atoms with Crippen molar-refractivity contribution in [3.63, 3.8) is 0 Å². The highest BCUT2D eigenvalue weighted by Gasteiger charge is 2.29. The number of aryl methyl sites for hydroxylation is 1. The van der Waals surface area contributed by atoms with Crippen molar-refractivity contribution in [1.29, 1.82) is 0 Å². The number of ether oxygens (including phenoxy) is 1. The number of hydrogen-bond acceptors (Lipinski definition) is 3. The van der Waals surface area contributed by atoms with Gasteiger partial charge in [-0.25, -0.2) is 0 Å². The molecule has 0 aliphatic carbocycles. The third kappa shape index (κ3) is 3.57. The summed E-state index contributed by atoms with van der Waals surface area (Å²) in [5.74, 6) is 0.549. The van der Waals surface area contributed by atoms with Gasteiger partial charge in [-0.2, -0.15) is 5.10 Å². The molecule has 22 heavy (non-hydrogen) atoms. The van der Waals surface area contributed by atoms with E-state index in [4.69, 9.17) is 4.74 Å². The first-order valence-electron chi connectivity index (χ1n) is 8.04. The van der Waals surface area contributed by atoms with Gasteiger partial charge >= 0.3 is 0 Å². The molecule has 4 nitrogen and oxygen atoms in total. The van der Waals surface area contributed by atoms with Gasteiger partial charge in [-0.05, 0) is 25.3 Å². The maximum absolute atomic E-state index is 5.74. The highest BCUT2D eigenvalue weighted by molar-refractivity contribution is 5.17. The molecule has 2 atom stereocenters. The average molecular weight is 299 g/mol. The van der Waals surface area contributed by atoms with Crippen molar-refractivity contribution in [3.05, 3.63) is 53.3 Å². The van der Waals surface area contributed by atoms with Crippen molar-refractivity contribution >= 4 is 0 Å². The largest absolute Gasteiger partial charge is 0.381 e. The number of aromatic nitrogens is 2. The van der Waals surface area contributed by atoms with Gasteiger partial charge in [-0.15, -0.1) is 0 Å². The van der Waals surface area contributed by atoms with Crippen molar-refractivity contribution < 1.29 is 4.74 Å². The van der Waals surface area contributed by atoms with E-state index >= 15 is 0 Å². The topological polar surface area (TPSA) is 41.1 Å². The summed E-state index contributed by atoms with van der Waals surface area (Å²) in [5, 5.41) is 7.16. The first kappa shape index (κ1) is 15.3. The second kappa shape index (κ2) is 7.07. The lowest BCUT2D eigenvalue weighted by atomic mass is 9.88. The molecule has 1 aromatic heterocycles. The molecule has 1 saturated heterocycles. The van der Waals surface area contributed by atoms with Gasteiger partial charge in [0.2, 0.25) is 0 Å². The predicted octanol–water partition coefficient (Wildman–Crippen LogP) is 2.80. The van der Waals surface area contributed by atoms with Crippen LogP contribution in [0.3, 0.4) is 0 Å². The fourth-order valence-electron chi connectivity index (χ4n) is 3.43. The monoisotopic (exact) mass is 299 g/mol. The van der Waals surface area contributed by atoms with Gasteiger partial charge in [-0.3, -0.25) is 10.00 Å². The van der Waals surface area contributed by atoms with Gasteiger partial charge in [0.15, 0.2) is 0 Å². The van der Waals surface area contributed by atoms with Crippen LogP contribution in [0.25, 0.3) is 0 Å². The number of nitrogens with one attached hydrogen (secondary N) is 1. The number of nitrogens with zero attached hydrogens (tertiary/aromatic N) is 2. The molecule has 3 rings (SSSR count). The van der Waals surface area contributed by atoms with Crippen LogP contribution in [0.1, 0.15) is 23.2 Å². The Morgan fingerprint density at radius 1 is 1.32 bits per heavy atom. The Morgan fingerprint density at radius 2 is 2.14 bits per heavy atom. The summed E-state index contributed by atoms with van der Waals surface area (Å²) in [6.45, 7) is 5.24. The molecule has 0 bridgehead atoms. The summed E-state index contributed by atoms with van der Waals surface area (Å²) in [6, 6.07) is 10.7. The Balaban J connectivity index is 1.66. The van der Waals surface area contributed by atoms with Crippen molar-refractivity contribution in [2.24, 2.45) is 5.92 Å². The van der Waals surface area contributed by atoms with Crippen molar-refractivity contribution in [2.45, 2.75) is 32.4 Å². The standard InChI is InChI=1S/C18H25N3O/c1-14-17(11-19-20-14)13-21-9-8-18(22-2)16(12-21)10-15-6-4-3-5-7-15/h3-7,11,16,18H,8-10,12-13H2,1-2H3,(H,19,20)/t16-,18-/m1/s1. The zero-order valence-corrected chi connectivity index (χ0v) is 13.5. The number of benzene rings is 1. The van der Waals surface area contributed by atoms with Crippen molar-refractivity contribution in [3.8, 4) is 0 Å². The summed E-state index contributed by atoms with van der Waals surface area (Å²) in [6.07, 6.45) is 4.50. The van der Waals surface area contributed by atoms with E-state index in [1.165, 1.54) is 16.8 Å². The molecule has 2 heterocycles. The van der Waals surface area contributed by atoms with E-state index in [0.717, 1.165) is 32.5 Å². The minimum Gasteiger partial charge on any atom is -0.381 e. The third-order valence-corrected chi connectivity index (χ3v) is 4.72. The molecule has 1 aliphatic heterocycles. The van der Waals surface area contributed by atoms with Gasteiger partial charge in [0.05, 0.1) is 12.3 Å². The summed E-state index contributed by atoms with van der Waals surface area (Å²) in [4.78, 5) is 2.53. The summed E-state index contributed by atoms with van der Waals surface area (Å²) in [7, 11) is 1.85. The molecule has 1 fully saturated rings. The molecule has 0 spiro atoms. The van der Waals surface area contributed by atoms with Gasteiger partial charge < -0.3 is 4.74 Å². The van der Waals surface area contributed by atoms with Crippen LogP contribution >= 0.6 is 0 Å². The zero-order valence-electron chi connectivity index (χ0n) is 13.5. The Morgan fingerprint density at radius 3 is 2.82 bits per heavy atom. The summed E-state index contributed by atoms with van der Waals surface area (Å²) in [5.41, 5.74) is 3.87. The van der Waals surface area contributed by atoms with Crippen molar-refractivity contribution in [1.82, 2.24) is 15.1 Å². The van der Waals surface area contributed by atoms with Gasteiger partial charge in [0.25, 0.3) is 0 Å². The molecule has 118 valence electrons. The number of aromatic amines is 1. The number of piperidine rings is 1. The molecule has 4 heteroatoms. The minimum absolute atomic E-state index is 0.363. The highest BCUT2D eigenvalue weighted by Crippen LogP contribution is 2.25. The number of likely N-dealkylation sites (tertiary alicyclic amines) is 1. The van der Waals surface area contributed by atoms with E-state index in [-0.39, 0.29) is 0 Å². The molecule has 0 radical (unpaired) electrons. The SMILES string of the molecule is CO[C@@H]1CCN(Cc2cn[nH]c2C)C[C@H]1Cc1ccccc1. The van der Waals surface area contributed by atoms with Crippen LogP contribution in [0.2, 0.25) is 0 Å². The quantitative estimate of drug-likeness (QED) is 0.923. The normalized spacial score (nSPS) is 22.8. The summed E-state index contributed by atoms with van der Waals surface area (Å²) >= 11 is 0. The third-order valence-electron chi connectivity index (χ3n) is 4.72. The fourth-order valence-corrected chi connectivity index (χ4v) is 3.43. The van der Waals surface area contributed by atoms with E-state index in [9.17, 15) is 0 Å². The van der Waals surface area contributed by atoms with E-state index in [2.05, 4.69) is 52.4 Å². The number of methoxy groups -OCH3 is 1. The molecule has 1 N–H and O–H groups in total. The van der Waals surface area contributed by atoms with Crippen LogP contribution in [0.4, 0.5) is 0 Å². The minimum atomic E-state index is 0.363. The predicted molar refractivity (Wildman–Crippen MR) is 87.7 cm³/mol. The molecule has 0 amide bonds. The first-order valence-corrected chi connectivity index (χ1v) is 8.04. The van der Waals surface area contributed by atoms with Crippen LogP contribution < -0.4 is 0 Å². The smallest absolute Gasteiger partial charge is 0.0627 e. The van der Waals surface area contributed by atoms with Gasteiger partial charge in [-0.1, -0.05) is 30.3 Å². The second-order valence-electron chi connectivity index (χ2n) is 6.27. The van der Waals surface area contributed by atoms with Gasteiger partial charge in [0, 0.05) is 43.9 Å². The van der Waals surface area contributed by atoms with Crippen LogP contribution in [0.5, 0.6) is 0 Å². The van der Waals surface area contributed by atoms with Crippen LogP contribution in [0.15, 0.2) is 36.5 Å². The average Bonchev–Trinajstić information content (AvgIpc) is 2.94. The number of H-pyrrole nitrogens is 1. The molecular formula is C18H25N3O.